The first-order valence-corrected chi connectivity index (χ1v) is 6.55. The van der Waals surface area contributed by atoms with Crippen molar-refractivity contribution in [1.82, 2.24) is 0 Å². The Balaban J connectivity index is 2.83. The van der Waals surface area contributed by atoms with Crippen molar-refractivity contribution in [3.63, 3.8) is 0 Å². The number of benzene rings is 1. The number of carboxylic acid groups (broad SMARTS) is 1. The summed E-state index contributed by atoms with van der Waals surface area (Å²) in [4.78, 5) is 21.1. The lowest BCUT2D eigenvalue weighted by Crippen LogP contribution is -2.47. The van der Waals surface area contributed by atoms with E-state index in [0.29, 0.717) is 4.47 Å². The summed E-state index contributed by atoms with van der Waals surface area (Å²) >= 11 is 3.15. The molecule has 0 bridgehead atoms. The van der Waals surface area contributed by atoms with Gasteiger partial charge in [0.1, 0.15) is 11.3 Å². The summed E-state index contributed by atoms with van der Waals surface area (Å²) in [5.74, 6) is -0.854. The van der Waals surface area contributed by atoms with E-state index in [2.05, 4.69) is 15.9 Å². The number of nitrogens with zero attached hydrogens (tertiary/aromatic N) is 1. The van der Waals surface area contributed by atoms with Crippen LogP contribution in [0.25, 0.3) is 0 Å². The fourth-order valence-electron chi connectivity index (χ4n) is 1.68. The Kier molecular flexibility index (Phi) is 5.07. The zero-order valence-electron chi connectivity index (χ0n) is 11.0. The van der Waals surface area contributed by atoms with Gasteiger partial charge in [0.2, 0.25) is 0 Å². The van der Waals surface area contributed by atoms with Crippen molar-refractivity contribution < 1.29 is 19.6 Å². The number of carboxylic acids is 1. The van der Waals surface area contributed by atoms with E-state index in [1.165, 1.54) is 19.1 Å². The molecule has 8 heteroatoms. The Hall–Kier alpha value is -1.67. The molecule has 1 aromatic rings. The highest BCUT2D eigenvalue weighted by Gasteiger charge is 2.30. The molecule has 2 unspecified atom stereocenters. The summed E-state index contributed by atoms with van der Waals surface area (Å²) in [6.07, 6.45) is -0.433. The predicted octanol–water partition coefficient (Wildman–Crippen LogP) is 2.32. The van der Waals surface area contributed by atoms with Crippen LogP contribution >= 0.6 is 15.9 Å². The van der Waals surface area contributed by atoms with Gasteiger partial charge < -0.3 is 15.6 Å². The maximum atomic E-state index is 10.9. The number of hydrogen-bond acceptors (Lipinski definition) is 5. The van der Waals surface area contributed by atoms with Crippen LogP contribution in [0, 0.1) is 10.1 Å². The molecule has 0 amide bonds. The number of nitrogens with two attached hydrogens (primary N) is 1. The van der Waals surface area contributed by atoms with Crippen molar-refractivity contribution in [2.45, 2.75) is 31.9 Å². The fourth-order valence-corrected chi connectivity index (χ4v) is 2.14. The molecule has 0 spiro atoms. The van der Waals surface area contributed by atoms with Crippen LogP contribution in [0.3, 0.4) is 0 Å². The van der Waals surface area contributed by atoms with E-state index in [1.807, 2.05) is 0 Å². The van der Waals surface area contributed by atoms with Gasteiger partial charge >= 0.3 is 5.97 Å². The molecule has 0 aliphatic carbocycles. The highest BCUT2D eigenvalue weighted by Crippen LogP contribution is 2.27. The van der Waals surface area contributed by atoms with Crippen LogP contribution in [0.1, 0.15) is 20.3 Å². The van der Waals surface area contributed by atoms with Crippen molar-refractivity contribution in [2.75, 3.05) is 0 Å². The Morgan fingerprint density at radius 2 is 2.20 bits per heavy atom. The van der Waals surface area contributed by atoms with Crippen molar-refractivity contribution in [3.05, 3.63) is 32.8 Å². The molecular weight excluding hydrogens is 332 g/mol. The van der Waals surface area contributed by atoms with Crippen molar-refractivity contribution in [2.24, 2.45) is 5.73 Å². The van der Waals surface area contributed by atoms with Crippen LogP contribution < -0.4 is 10.5 Å². The molecule has 2 atom stereocenters. The Labute approximate surface area is 124 Å². The van der Waals surface area contributed by atoms with Gasteiger partial charge in [0.05, 0.1) is 17.1 Å². The smallest absolute Gasteiger partial charge is 0.323 e. The van der Waals surface area contributed by atoms with Crippen LogP contribution in [0.15, 0.2) is 22.7 Å². The van der Waals surface area contributed by atoms with Gasteiger partial charge in [-0.05, 0) is 19.9 Å². The monoisotopic (exact) mass is 346 g/mol. The zero-order chi connectivity index (χ0) is 15.5. The number of nitro groups is 1. The highest BCUT2D eigenvalue weighted by molar-refractivity contribution is 9.10. The predicted molar refractivity (Wildman–Crippen MR) is 75.7 cm³/mol. The van der Waals surface area contributed by atoms with E-state index in [1.54, 1.807) is 13.0 Å². The molecule has 0 aromatic heterocycles. The maximum absolute atomic E-state index is 10.9. The molecule has 7 nitrogen and oxygen atoms in total. The van der Waals surface area contributed by atoms with E-state index >= 15 is 0 Å². The van der Waals surface area contributed by atoms with Crippen LogP contribution in [0.5, 0.6) is 5.75 Å². The second-order valence-electron chi connectivity index (χ2n) is 4.76. The number of halogens is 1. The summed E-state index contributed by atoms with van der Waals surface area (Å²) < 4.78 is 6.00. The van der Waals surface area contributed by atoms with Crippen molar-refractivity contribution in [3.8, 4) is 5.75 Å². The van der Waals surface area contributed by atoms with Crippen molar-refractivity contribution in [1.29, 1.82) is 0 Å². The normalized spacial score (nSPS) is 15.2. The Morgan fingerprint density at radius 3 is 2.70 bits per heavy atom. The third kappa shape index (κ3) is 4.46. The van der Waals surface area contributed by atoms with E-state index in [0.717, 1.165) is 0 Å². The second kappa shape index (κ2) is 6.19. The lowest BCUT2D eigenvalue weighted by atomic mass is 9.96. The van der Waals surface area contributed by atoms with Gasteiger partial charge in [-0.2, -0.15) is 0 Å². The summed E-state index contributed by atoms with van der Waals surface area (Å²) in [7, 11) is 0. The maximum Gasteiger partial charge on any atom is 0.323 e. The van der Waals surface area contributed by atoms with Gasteiger partial charge in [0, 0.05) is 17.0 Å². The number of hydrogen-bond donors (Lipinski definition) is 2. The molecular formula is C12H15BrN2O5. The van der Waals surface area contributed by atoms with Gasteiger partial charge in [-0.15, -0.1) is 0 Å². The van der Waals surface area contributed by atoms with Gasteiger partial charge in [-0.25, -0.2) is 0 Å². The molecule has 0 heterocycles. The molecule has 0 saturated heterocycles. The van der Waals surface area contributed by atoms with E-state index in [9.17, 15) is 14.9 Å². The number of nitro benzene ring substituents is 1. The first-order chi connectivity index (χ1) is 9.11. The van der Waals surface area contributed by atoms with E-state index < -0.39 is 22.5 Å². The lowest BCUT2D eigenvalue weighted by Gasteiger charge is -2.24. The summed E-state index contributed by atoms with van der Waals surface area (Å²) in [6, 6.07) is 4.19. The largest absolute Gasteiger partial charge is 0.490 e. The molecule has 1 rings (SSSR count). The lowest BCUT2D eigenvalue weighted by molar-refractivity contribution is -0.385. The third-order valence-corrected chi connectivity index (χ3v) is 3.06. The minimum Gasteiger partial charge on any atom is -0.490 e. The molecule has 0 aliphatic heterocycles. The van der Waals surface area contributed by atoms with Gasteiger partial charge in [0.15, 0.2) is 0 Å². The average molecular weight is 347 g/mol. The first kappa shape index (κ1) is 16.4. The molecule has 0 radical (unpaired) electrons. The SMILES string of the molecule is CC(CC(C)(N)C(=O)O)Oc1cc(Br)cc([N+](=O)[O-])c1. The van der Waals surface area contributed by atoms with E-state index in [4.69, 9.17) is 15.6 Å². The molecule has 110 valence electrons. The topological polar surface area (TPSA) is 116 Å². The molecule has 0 saturated carbocycles. The first-order valence-electron chi connectivity index (χ1n) is 5.76. The van der Waals surface area contributed by atoms with Crippen LogP contribution in [-0.4, -0.2) is 27.6 Å². The van der Waals surface area contributed by atoms with Crippen molar-refractivity contribution >= 4 is 27.6 Å². The van der Waals surface area contributed by atoms with Crippen LogP contribution in [0.2, 0.25) is 0 Å². The number of aliphatic carboxylic acids is 1. The quantitative estimate of drug-likeness (QED) is 0.603. The number of non-ortho nitro benzene ring substituents is 1. The molecule has 1 aromatic carbocycles. The van der Waals surface area contributed by atoms with Gasteiger partial charge in [-0.3, -0.25) is 14.9 Å². The van der Waals surface area contributed by atoms with Gasteiger partial charge in [-0.1, -0.05) is 15.9 Å². The summed E-state index contributed by atoms with van der Waals surface area (Å²) in [5.41, 5.74) is 4.09. The fraction of sp³-hybridized carbons (Fsp3) is 0.417. The molecule has 3 N–H and O–H groups in total. The summed E-state index contributed by atoms with van der Waals surface area (Å²) in [5, 5.41) is 19.7. The average Bonchev–Trinajstić information content (AvgIpc) is 2.26. The zero-order valence-corrected chi connectivity index (χ0v) is 12.6. The number of carbonyl (C=O) groups is 1. The van der Waals surface area contributed by atoms with Crippen LogP contribution in [0.4, 0.5) is 5.69 Å². The standard InChI is InChI=1S/C12H15BrN2O5/c1-7(6-12(2,14)11(16)17)20-10-4-8(13)3-9(5-10)15(18)19/h3-5,7H,6,14H2,1-2H3,(H,16,17). The minimum absolute atomic E-state index is 0.0721. The van der Waals surface area contributed by atoms with Crippen LogP contribution in [-0.2, 0) is 4.79 Å². The Bertz CT molecular complexity index is 533. The minimum atomic E-state index is -1.42. The molecule has 20 heavy (non-hydrogen) atoms. The number of ether oxygens (including phenoxy) is 1. The highest BCUT2D eigenvalue weighted by atomic mass is 79.9. The van der Waals surface area contributed by atoms with Gasteiger partial charge in [0.25, 0.3) is 5.69 Å². The Morgan fingerprint density at radius 1 is 1.60 bits per heavy atom. The second-order valence-corrected chi connectivity index (χ2v) is 5.67. The number of rotatable bonds is 6. The molecule has 0 fully saturated rings. The summed E-state index contributed by atoms with van der Waals surface area (Å²) in [6.45, 7) is 3.04. The van der Waals surface area contributed by atoms with E-state index in [-0.39, 0.29) is 17.9 Å². The third-order valence-electron chi connectivity index (χ3n) is 2.60. The molecule has 0 aliphatic rings.